The highest BCUT2D eigenvalue weighted by Gasteiger charge is 2.34. The first-order valence-electron chi connectivity index (χ1n) is 15.5. The molecule has 0 aliphatic heterocycles. The van der Waals surface area contributed by atoms with Crippen molar-refractivity contribution in [2.45, 2.75) is 111 Å². The number of aromatic nitrogens is 1. The van der Waals surface area contributed by atoms with Crippen molar-refractivity contribution in [3.63, 3.8) is 0 Å². The number of carbonyl (C=O) groups is 4. The SMILES string of the molecule is COC(=O)[C@@H](C)C[C@@H](Cc1ccccc1)NC(=O)c1nc([C@@H](C[C@@H](C(C)C)N(C)C(=O)OC(C)(C)C)OC(C)=O)sc1C(C)C. The Hall–Kier alpha value is -3.47. The van der Waals surface area contributed by atoms with Crippen LogP contribution in [0.4, 0.5) is 4.79 Å². The topological polar surface area (TPSA) is 124 Å². The number of thiazole rings is 1. The fourth-order valence-electron chi connectivity index (χ4n) is 5.08. The first-order valence-corrected chi connectivity index (χ1v) is 16.3. The molecule has 1 aromatic heterocycles. The number of nitrogens with one attached hydrogen (secondary N) is 1. The summed E-state index contributed by atoms with van der Waals surface area (Å²) >= 11 is 1.33. The molecule has 0 aliphatic rings. The van der Waals surface area contributed by atoms with Gasteiger partial charge in [0, 0.05) is 37.4 Å². The Morgan fingerprint density at radius 1 is 1.00 bits per heavy atom. The smallest absolute Gasteiger partial charge is 0.410 e. The predicted molar refractivity (Wildman–Crippen MR) is 175 cm³/mol. The zero-order valence-corrected chi connectivity index (χ0v) is 29.4. The molecule has 2 aromatic rings. The average molecular weight is 646 g/mol. The molecule has 0 radical (unpaired) electrons. The van der Waals surface area contributed by atoms with Crippen LogP contribution in [-0.2, 0) is 30.2 Å². The Morgan fingerprint density at radius 2 is 1.62 bits per heavy atom. The summed E-state index contributed by atoms with van der Waals surface area (Å²) in [6.07, 6.45) is -0.0965. The number of hydrogen-bond acceptors (Lipinski definition) is 9. The van der Waals surface area contributed by atoms with Crippen molar-refractivity contribution >= 4 is 35.3 Å². The van der Waals surface area contributed by atoms with Gasteiger partial charge in [0.1, 0.15) is 16.3 Å². The van der Waals surface area contributed by atoms with Crippen LogP contribution in [0, 0.1) is 11.8 Å². The van der Waals surface area contributed by atoms with E-state index in [1.807, 2.05) is 58.0 Å². The lowest BCUT2D eigenvalue weighted by atomic mass is 9.95. The highest BCUT2D eigenvalue weighted by Crippen LogP contribution is 2.35. The van der Waals surface area contributed by atoms with Gasteiger partial charge >= 0.3 is 18.0 Å². The van der Waals surface area contributed by atoms with Gasteiger partial charge < -0.3 is 24.4 Å². The number of hydrogen-bond donors (Lipinski definition) is 1. The Labute approximate surface area is 272 Å². The van der Waals surface area contributed by atoms with Crippen molar-refractivity contribution in [2.24, 2.45) is 11.8 Å². The molecule has 0 fully saturated rings. The fourth-order valence-corrected chi connectivity index (χ4v) is 6.19. The molecule has 250 valence electrons. The molecule has 45 heavy (non-hydrogen) atoms. The second-order valence-electron chi connectivity index (χ2n) is 13.2. The Bertz CT molecular complexity index is 1290. The highest BCUT2D eigenvalue weighted by molar-refractivity contribution is 7.12. The second kappa shape index (κ2) is 16.7. The summed E-state index contributed by atoms with van der Waals surface area (Å²) in [5.74, 6) is -1.67. The van der Waals surface area contributed by atoms with E-state index in [4.69, 9.17) is 19.2 Å². The maximum atomic E-state index is 13.9. The molecule has 0 bridgehead atoms. The van der Waals surface area contributed by atoms with Crippen LogP contribution in [0.3, 0.4) is 0 Å². The van der Waals surface area contributed by atoms with Crippen molar-refractivity contribution in [3.05, 3.63) is 51.5 Å². The van der Waals surface area contributed by atoms with Crippen molar-refractivity contribution in [3.8, 4) is 0 Å². The van der Waals surface area contributed by atoms with Crippen LogP contribution in [0.15, 0.2) is 30.3 Å². The first-order chi connectivity index (χ1) is 20.9. The van der Waals surface area contributed by atoms with Gasteiger partial charge in [-0.3, -0.25) is 14.4 Å². The lowest BCUT2D eigenvalue weighted by Crippen LogP contribution is -2.44. The van der Waals surface area contributed by atoms with Crippen LogP contribution < -0.4 is 5.32 Å². The van der Waals surface area contributed by atoms with Crippen LogP contribution in [0.1, 0.15) is 113 Å². The summed E-state index contributed by atoms with van der Waals surface area (Å²) < 4.78 is 16.3. The Balaban J connectivity index is 2.44. The lowest BCUT2D eigenvalue weighted by Gasteiger charge is -2.34. The predicted octanol–water partition coefficient (Wildman–Crippen LogP) is 6.69. The molecule has 0 saturated carbocycles. The van der Waals surface area contributed by atoms with Crippen molar-refractivity contribution in [1.82, 2.24) is 15.2 Å². The molecule has 0 saturated heterocycles. The molecule has 2 rings (SSSR count). The minimum absolute atomic E-state index is 0.00317. The molecule has 4 atom stereocenters. The highest BCUT2D eigenvalue weighted by atomic mass is 32.1. The van der Waals surface area contributed by atoms with E-state index in [1.165, 1.54) is 30.3 Å². The number of esters is 2. The van der Waals surface area contributed by atoms with Crippen LogP contribution in [0.5, 0.6) is 0 Å². The second-order valence-corrected chi connectivity index (χ2v) is 14.2. The fraction of sp³-hybridized carbons (Fsp3) is 0.618. The van der Waals surface area contributed by atoms with Gasteiger partial charge in [-0.25, -0.2) is 9.78 Å². The molecule has 1 aromatic carbocycles. The third-order valence-electron chi connectivity index (χ3n) is 7.30. The minimum Gasteiger partial charge on any atom is -0.469 e. The van der Waals surface area contributed by atoms with Gasteiger partial charge in [-0.15, -0.1) is 11.3 Å². The van der Waals surface area contributed by atoms with Gasteiger partial charge in [-0.1, -0.05) is 65.0 Å². The van der Waals surface area contributed by atoms with E-state index in [0.29, 0.717) is 17.8 Å². The van der Waals surface area contributed by atoms with E-state index in [2.05, 4.69) is 5.32 Å². The number of benzene rings is 1. The standard InChI is InChI=1S/C34H51N3O7S/c1-20(2)26(37(10)33(41)44-34(7,8)9)19-27(43-23(6)38)31-36-28(29(45-31)21(3)4)30(39)35-25(17-22(5)32(40)42-11)18-24-15-13-12-14-16-24/h12-16,20-22,25-27H,17-19H2,1-11H3,(H,35,39)/t22-,25-,26-,27+/m0/s1. The van der Waals surface area contributed by atoms with E-state index in [1.54, 1.807) is 34.7 Å². The summed E-state index contributed by atoms with van der Waals surface area (Å²) in [5, 5.41) is 3.59. The number of amides is 2. The normalized spacial score (nSPS) is 14.3. The molecule has 0 unspecified atom stereocenters. The maximum absolute atomic E-state index is 13.9. The Kier molecular flexibility index (Phi) is 14.0. The number of nitrogens with zero attached hydrogens (tertiary/aromatic N) is 2. The van der Waals surface area contributed by atoms with Gasteiger partial charge in [0.05, 0.1) is 13.0 Å². The third-order valence-corrected chi connectivity index (χ3v) is 8.75. The summed E-state index contributed by atoms with van der Waals surface area (Å²) in [6, 6.07) is 9.04. The third kappa shape index (κ3) is 11.8. The average Bonchev–Trinajstić information content (AvgIpc) is 3.40. The zero-order valence-electron chi connectivity index (χ0n) is 28.6. The van der Waals surface area contributed by atoms with Gasteiger partial charge in [0.2, 0.25) is 0 Å². The molecular weight excluding hydrogens is 594 g/mol. The number of methoxy groups -OCH3 is 1. The zero-order chi connectivity index (χ0) is 34.1. The van der Waals surface area contributed by atoms with Crippen LogP contribution in [-0.4, -0.2) is 65.7 Å². The quantitative estimate of drug-likeness (QED) is 0.178. The summed E-state index contributed by atoms with van der Waals surface area (Å²) in [5.41, 5.74) is 0.609. The monoisotopic (exact) mass is 645 g/mol. The van der Waals surface area contributed by atoms with Crippen molar-refractivity contribution in [1.29, 1.82) is 0 Å². The maximum Gasteiger partial charge on any atom is 0.410 e. The molecule has 0 aliphatic carbocycles. The summed E-state index contributed by atoms with van der Waals surface area (Å²) in [7, 11) is 3.02. The van der Waals surface area contributed by atoms with Gasteiger partial charge in [0.15, 0.2) is 6.10 Å². The van der Waals surface area contributed by atoms with Gasteiger partial charge in [-0.05, 0) is 51.0 Å². The minimum atomic E-state index is -0.789. The molecule has 1 heterocycles. The van der Waals surface area contributed by atoms with Crippen LogP contribution >= 0.6 is 11.3 Å². The van der Waals surface area contributed by atoms with E-state index in [9.17, 15) is 19.2 Å². The largest absolute Gasteiger partial charge is 0.469 e. The number of carbonyl (C=O) groups excluding carboxylic acids is 4. The molecule has 11 heteroatoms. The first kappa shape index (κ1) is 37.7. The van der Waals surface area contributed by atoms with Crippen LogP contribution in [0.2, 0.25) is 0 Å². The van der Waals surface area contributed by atoms with Crippen LogP contribution in [0.25, 0.3) is 0 Å². The van der Waals surface area contributed by atoms with E-state index in [0.717, 1.165) is 10.4 Å². The molecule has 1 N–H and O–H groups in total. The molecule has 2 amide bonds. The lowest BCUT2D eigenvalue weighted by molar-refractivity contribution is -0.148. The summed E-state index contributed by atoms with van der Waals surface area (Å²) in [4.78, 5) is 58.3. The van der Waals surface area contributed by atoms with Gasteiger partial charge in [-0.2, -0.15) is 0 Å². The van der Waals surface area contributed by atoms with Crippen molar-refractivity contribution < 1.29 is 33.4 Å². The van der Waals surface area contributed by atoms with E-state index in [-0.39, 0.29) is 47.9 Å². The van der Waals surface area contributed by atoms with Crippen molar-refractivity contribution in [2.75, 3.05) is 14.2 Å². The van der Waals surface area contributed by atoms with Gasteiger partial charge in [0.25, 0.3) is 5.91 Å². The van der Waals surface area contributed by atoms with E-state index >= 15 is 0 Å². The van der Waals surface area contributed by atoms with E-state index < -0.39 is 29.7 Å². The summed E-state index contributed by atoms with van der Waals surface area (Å²) in [6.45, 7) is 16.4. The number of rotatable bonds is 14. The molecule has 0 spiro atoms. The molecule has 10 nitrogen and oxygen atoms in total. The Morgan fingerprint density at radius 3 is 2.13 bits per heavy atom. The molecular formula is C34H51N3O7S. The number of ether oxygens (including phenoxy) is 3.